The molecule has 3 rings (SSSR count). The molecule has 0 aliphatic rings. The summed E-state index contributed by atoms with van der Waals surface area (Å²) in [5.74, 6) is 7.00. The molecule has 140 valence electrons. The third kappa shape index (κ3) is 4.72. The Balaban J connectivity index is 1.82. The van der Waals surface area contributed by atoms with Gasteiger partial charge in [0.1, 0.15) is 18.1 Å². The van der Waals surface area contributed by atoms with Crippen LogP contribution in [-0.2, 0) is 11.3 Å². The molecular weight excluding hydrogens is 352 g/mol. The average Bonchev–Trinajstić information content (AvgIpc) is 2.76. The summed E-state index contributed by atoms with van der Waals surface area (Å²) in [6.07, 6.45) is 0. The molecule has 4 nitrogen and oxygen atoms in total. The number of benzene rings is 3. The zero-order chi connectivity index (χ0) is 19.8. The first-order chi connectivity index (χ1) is 13.7. The van der Waals surface area contributed by atoms with Crippen LogP contribution < -0.4 is 9.47 Å². The Hall–Kier alpha value is -3.71. The van der Waals surface area contributed by atoms with Crippen LogP contribution in [0.15, 0.2) is 72.8 Å². The Morgan fingerprint density at radius 2 is 1.54 bits per heavy atom. The average molecular weight is 372 g/mol. The Bertz CT molecular complexity index is 1010. The fourth-order valence-corrected chi connectivity index (χ4v) is 2.61. The van der Waals surface area contributed by atoms with Gasteiger partial charge in [0.25, 0.3) is 0 Å². The molecule has 0 amide bonds. The highest BCUT2D eigenvalue weighted by Crippen LogP contribution is 2.24. The number of hydrogen-bond donors (Lipinski definition) is 0. The van der Waals surface area contributed by atoms with Crippen molar-refractivity contribution >= 4 is 5.97 Å². The topological polar surface area (TPSA) is 44.8 Å². The van der Waals surface area contributed by atoms with E-state index < -0.39 is 5.97 Å². The van der Waals surface area contributed by atoms with Crippen LogP contribution in [0.3, 0.4) is 0 Å². The second-order valence-corrected chi connectivity index (χ2v) is 5.92. The third-order valence-corrected chi connectivity index (χ3v) is 4.10. The summed E-state index contributed by atoms with van der Waals surface area (Å²) < 4.78 is 16.0. The van der Waals surface area contributed by atoms with Crippen LogP contribution in [0.5, 0.6) is 11.5 Å². The van der Waals surface area contributed by atoms with Crippen LogP contribution in [0.2, 0.25) is 0 Å². The van der Waals surface area contributed by atoms with Crippen LogP contribution in [0, 0.1) is 11.8 Å². The Labute approximate surface area is 164 Å². The van der Waals surface area contributed by atoms with E-state index in [1.54, 1.807) is 38.5 Å². The van der Waals surface area contributed by atoms with Crippen LogP contribution in [-0.4, -0.2) is 20.2 Å². The van der Waals surface area contributed by atoms with Gasteiger partial charge in [-0.1, -0.05) is 54.3 Å². The van der Waals surface area contributed by atoms with Gasteiger partial charge in [-0.2, -0.15) is 0 Å². The lowest BCUT2D eigenvalue weighted by Gasteiger charge is -2.07. The van der Waals surface area contributed by atoms with Crippen LogP contribution >= 0.6 is 0 Å². The molecule has 0 aliphatic carbocycles. The summed E-state index contributed by atoms with van der Waals surface area (Å²) in [5.41, 5.74) is 2.66. The molecule has 3 aromatic rings. The van der Waals surface area contributed by atoms with E-state index in [0.29, 0.717) is 28.2 Å². The van der Waals surface area contributed by atoms with Crippen molar-refractivity contribution < 1.29 is 19.0 Å². The van der Waals surface area contributed by atoms with E-state index in [2.05, 4.69) is 11.8 Å². The first kappa shape index (κ1) is 19.1. The molecule has 0 heterocycles. The predicted molar refractivity (Wildman–Crippen MR) is 108 cm³/mol. The summed E-state index contributed by atoms with van der Waals surface area (Å²) in [6.45, 7) is 0.216. The maximum absolute atomic E-state index is 12.5. The summed E-state index contributed by atoms with van der Waals surface area (Å²) >= 11 is 0. The zero-order valence-corrected chi connectivity index (χ0v) is 15.8. The van der Waals surface area contributed by atoms with Crippen molar-refractivity contribution in [2.75, 3.05) is 14.2 Å². The minimum atomic E-state index is -0.407. The molecule has 0 fully saturated rings. The Morgan fingerprint density at radius 1 is 0.821 bits per heavy atom. The van der Waals surface area contributed by atoms with Crippen molar-refractivity contribution in [3.05, 3.63) is 95.1 Å². The number of rotatable bonds is 5. The largest absolute Gasteiger partial charge is 0.497 e. The lowest BCUT2D eigenvalue weighted by atomic mass is 10.1. The molecule has 0 aliphatic heterocycles. The van der Waals surface area contributed by atoms with Gasteiger partial charge in [0.15, 0.2) is 0 Å². The molecule has 0 spiro atoms. The number of carbonyl (C=O) groups is 1. The van der Waals surface area contributed by atoms with Gasteiger partial charge in [-0.15, -0.1) is 0 Å². The fourth-order valence-electron chi connectivity index (χ4n) is 2.61. The van der Waals surface area contributed by atoms with Gasteiger partial charge in [0.2, 0.25) is 0 Å². The fraction of sp³-hybridized carbons (Fsp3) is 0.125. The van der Waals surface area contributed by atoms with Crippen molar-refractivity contribution in [3.8, 4) is 23.3 Å². The number of hydrogen-bond acceptors (Lipinski definition) is 4. The van der Waals surface area contributed by atoms with Crippen molar-refractivity contribution in [3.63, 3.8) is 0 Å². The van der Waals surface area contributed by atoms with Crippen LogP contribution in [0.4, 0.5) is 0 Å². The van der Waals surface area contributed by atoms with Gasteiger partial charge in [-0.25, -0.2) is 4.79 Å². The molecule has 0 atom stereocenters. The summed E-state index contributed by atoms with van der Waals surface area (Å²) in [4.78, 5) is 12.5. The standard InChI is InChI=1S/C24H20O4/c1-26-21-15-14-20(23(16-21)27-2)13-12-19-10-6-7-11-22(19)24(25)28-17-18-8-4-3-5-9-18/h3-11,14-16H,17H2,1-2H3. The van der Waals surface area contributed by atoms with Crippen molar-refractivity contribution in [1.29, 1.82) is 0 Å². The van der Waals surface area contributed by atoms with E-state index in [-0.39, 0.29) is 6.61 Å². The number of carbonyl (C=O) groups excluding carboxylic acids is 1. The molecule has 4 heteroatoms. The van der Waals surface area contributed by atoms with Crippen LogP contribution in [0.25, 0.3) is 0 Å². The van der Waals surface area contributed by atoms with E-state index in [0.717, 1.165) is 5.56 Å². The highest BCUT2D eigenvalue weighted by Gasteiger charge is 2.11. The Morgan fingerprint density at radius 3 is 2.29 bits per heavy atom. The van der Waals surface area contributed by atoms with Crippen molar-refractivity contribution in [1.82, 2.24) is 0 Å². The Kier molecular flexibility index (Phi) is 6.33. The summed E-state index contributed by atoms with van der Waals surface area (Å²) in [6, 6.07) is 22.1. The smallest absolute Gasteiger partial charge is 0.339 e. The predicted octanol–water partition coefficient (Wildman–Crippen LogP) is 4.46. The SMILES string of the molecule is COc1ccc(C#Cc2ccccc2C(=O)OCc2ccccc2)c(OC)c1. The maximum atomic E-state index is 12.5. The zero-order valence-electron chi connectivity index (χ0n) is 15.8. The van der Waals surface area contributed by atoms with Crippen molar-refractivity contribution in [2.24, 2.45) is 0 Å². The number of ether oxygens (including phenoxy) is 3. The lowest BCUT2D eigenvalue weighted by Crippen LogP contribution is -2.07. The molecule has 0 unspecified atom stereocenters. The molecule has 0 saturated carbocycles. The van der Waals surface area contributed by atoms with E-state index in [9.17, 15) is 4.79 Å². The molecule has 0 bridgehead atoms. The second-order valence-electron chi connectivity index (χ2n) is 5.92. The minimum Gasteiger partial charge on any atom is -0.497 e. The number of methoxy groups -OCH3 is 2. The van der Waals surface area contributed by atoms with Gasteiger partial charge >= 0.3 is 5.97 Å². The molecule has 0 saturated heterocycles. The molecule has 3 aromatic carbocycles. The van der Waals surface area contributed by atoms with Crippen LogP contribution in [0.1, 0.15) is 27.0 Å². The van der Waals surface area contributed by atoms with Crippen molar-refractivity contribution in [2.45, 2.75) is 6.61 Å². The molecule has 0 radical (unpaired) electrons. The second kappa shape index (κ2) is 9.29. The molecular formula is C24H20O4. The van der Waals surface area contributed by atoms with E-state index in [4.69, 9.17) is 14.2 Å². The third-order valence-electron chi connectivity index (χ3n) is 4.10. The van der Waals surface area contributed by atoms with E-state index in [1.165, 1.54) is 0 Å². The monoisotopic (exact) mass is 372 g/mol. The van der Waals surface area contributed by atoms with E-state index >= 15 is 0 Å². The first-order valence-corrected chi connectivity index (χ1v) is 8.75. The number of esters is 1. The summed E-state index contributed by atoms with van der Waals surface area (Å²) in [5, 5.41) is 0. The molecule has 28 heavy (non-hydrogen) atoms. The van der Waals surface area contributed by atoms with Gasteiger partial charge < -0.3 is 14.2 Å². The quantitative estimate of drug-likeness (QED) is 0.490. The highest BCUT2D eigenvalue weighted by molar-refractivity contribution is 5.92. The first-order valence-electron chi connectivity index (χ1n) is 8.75. The van der Waals surface area contributed by atoms with Gasteiger partial charge in [0.05, 0.1) is 25.3 Å². The van der Waals surface area contributed by atoms with Gasteiger partial charge in [-0.3, -0.25) is 0 Å². The van der Waals surface area contributed by atoms with Gasteiger partial charge in [-0.05, 0) is 29.8 Å². The lowest BCUT2D eigenvalue weighted by molar-refractivity contribution is 0.0472. The summed E-state index contributed by atoms with van der Waals surface area (Å²) in [7, 11) is 3.17. The molecule has 0 aromatic heterocycles. The van der Waals surface area contributed by atoms with E-state index in [1.807, 2.05) is 48.5 Å². The maximum Gasteiger partial charge on any atom is 0.339 e. The highest BCUT2D eigenvalue weighted by atomic mass is 16.5. The molecule has 0 N–H and O–H groups in total. The normalized spacial score (nSPS) is 9.79. The van der Waals surface area contributed by atoms with Gasteiger partial charge in [0, 0.05) is 11.6 Å². The minimum absolute atomic E-state index is 0.216.